The standard InChI is InChI=1S/C28H29N3O2/c1-4-31-26-12-10-20(28(33)30-14-13-21(32)17-30)16-25(26)29-27(31)24-8-6-5-7-23(24)22-11-9-18(2)15-19(22)3/h5-12,15-16,21,32H,4,13-14,17H2,1-3H3. The van der Waals surface area contributed by atoms with Crippen LogP contribution >= 0.6 is 0 Å². The van der Waals surface area contributed by atoms with Crippen molar-refractivity contribution in [2.45, 2.75) is 39.8 Å². The van der Waals surface area contributed by atoms with Gasteiger partial charge in [0.2, 0.25) is 0 Å². The van der Waals surface area contributed by atoms with E-state index in [4.69, 9.17) is 4.98 Å². The van der Waals surface area contributed by atoms with Crippen LogP contribution in [0.15, 0.2) is 60.7 Å². The van der Waals surface area contributed by atoms with Crippen LogP contribution in [0, 0.1) is 13.8 Å². The van der Waals surface area contributed by atoms with Crippen LogP contribution < -0.4 is 0 Å². The summed E-state index contributed by atoms with van der Waals surface area (Å²) in [5, 5.41) is 9.81. The number of aromatic nitrogens is 2. The fourth-order valence-corrected chi connectivity index (χ4v) is 4.93. The summed E-state index contributed by atoms with van der Waals surface area (Å²) in [6.07, 6.45) is 0.211. The highest BCUT2D eigenvalue weighted by Crippen LogP contribution is 2.35. The molecule has 5 nitrogen and oxygen atoms in total. The van der Waals surface area contributed by atoms with Crippen molar-refractivity contribution in [3.05, 3.63) is 77.4 Å². The maximum atomic E-state index is 13.0. The summed E-state index contributed by atoms with van der Waals surface area (Å²) in [5.41, 5.74) is 8.37. The molecule has 5 rings (SSSR count). The molecule has 1 fully saturated rings. The number of aliphatic hydroxyl groups is 1. The Labute approximate surface area is 194 Å². The first-order valence-electron chi connectivity index (χ1n) is 11.6. The molecule has 1 saturated heterocycles. The Balaban J connectivity index is 1.62. The van der Waals surface area contributed by atoms with Gasteiger partial charge in [-0.3, -0.25) is 4.79 Å². The maximum Gasteiger partial charge on any atom is 0.254 e. The van der Waals surface area contributed by atoms with Gasteiger partial charge in [-0.25, -0.2) is 4.98 Å². The van der Waals surface area contributed by atoms with E-state index >= 15 is 0 Å². The molecule has 1 atom stereocenters. The molecule has 1 N–H and O–H groups in total. The number of carbonyl (C=O) groups excluding carboxylic acids is 1. The number of amides is 1. The van der Waals surface area contributed by atoms with Crippen LogP contribution in [0.2, 0.25) is 0 Å². The number of carbonyl (C=O) groups is 1. The van der Waals surface area contributed by atoms with Crippen LogP contribution in [0.5, 0.6) is 0 Å². The molecule has 4 aromatic rings. The maximum absolute atomic E-state index is 13.0. The van der Waals surface area contributed by atoms with Gasteiger partial charge in [0.15, 0.2) is 0 Å². The van der Waals surface area contributed by atoms with Gasteiger partial charge in [-0.2, -0.15) is 0 Å². The Bertz CT molecular complexity index is 1350. The molecule has 0 spiro atoms. The second-order valence-corrected chi connectivity index (χ2v) is 8.94. The molecule has 168 valence electrons. The van der Waals surface area contributed by atoms with Gasteiger partial charge in [-0.1, -0.05) is 48.0 Å². The van der Waals surface area contributed by atoms with Gasteiger partial charge in [-0.15, -0.1) is 0 Å². The highest BCUT2D eigenvalue weighted by atomic mass is 16.3. The van der Waals surface area contributed by atoms with Crippen molar-refractivity contribution in [3.8, 4) is 22.5 Å². The molecule has 0 aliphatic carbocycles. The average molecular weight is 440 g/mol. The molecule has 2 heterocycles. The fourth-order valence-electron chi connectivity index (χ4n) is 4.93. The number of benzene rings is 3. The van der Waals surface area contributed by atoms with Gasteiger partial charge in [0.25, 0.3) is 5.91 Å². The van der Waals surface area contributed by atoms with E-state index in [1.165, 1.54) is 16.7 Å². The Hall–Kier alpha value is -3.44. The van der Waals surface area contributed by atoms with Crippen LogP contribution in [0.4, 0.5) is 0 Å². The van der Waals surface area contributed by atoms with Crippen LogP contribution in [0.3, 0.4) is 0 Å². The summed E-state index contributed by atoms with van der Waals surface area (Å²) >= 11 is 0. The molecular formula is C28H29N3O2. The largest absolute Gasteiger partial charge is 0.391 e. The predicted octanol–water partition coefficient (Wildman–Crippen LogP) is 5.21. The van der Waals surface area contributed by atoms with Crippen molar-refractivity contribution in [1.82, 2.24) is 14.5 Å². The van der Waals surface area contributed by atoms with E-state index in [0.29, 0.717) is 25.1 Å². The minimum Gasteiger partial charge on any atom is -0.391 e. The number of imidazole rings is 1. The molecule has 5 heteroatoms. The third-order valence-electron chi connectivity index (χ3n) is 6.60. The Morgan fingerprint density at radius 3 is 2.52 bits per heavy atom. The van der Waals surface area contributed by atoms with Crippen molar-refractivity contribution in [2.75, 3.05) is 13.1 Å². The van der Waals surface area contributed by atoms with Gasteiger partial charge in [0.05, 0.1) is 17.1 Å². The van der Waals surface area contributed by atoms with Gasteiger partial charge < -0.3 is 14.6 Å². The van der Waals surface area contributed by atoms with Crippen molar-refractivity contribution >= 4 is 16.9 Å². The average Bonchev–Trinajstić information content (AvgIpc) is 3.41. The second kappa shape index (κ2) is 8.49. The summed E-state index contributed by atoms with van der Waals surface area (Å²) in [4.78, 5) is 19.7. The lowest BCUT2D eigenvalue weighted by Crippen LogP contribution is -2.29. The predicted molar refractivity (Wildman–Crippen MR) is 132 cm³/mol. The SMILES string of the molecule is CCn1c(-c2ccccc2-c2ccc(C)cc2C)nc2cc(C(=O)N3CCC(O)C3)ccc21. The van der Waals surface area contributed by atoms with Gasteiger partial charge in [-0.05, 0) is 62.1 Å². The lowest BCUT2D eigenvalue weighted by molar-refractivity contribution is 0.0765. The summed E-state index contributed by atoms with van der Waals surface area (Å²) in [5.74, 6) is 0.862. The zero-order valence-electron chi connectivity index (χ0n) is 19.4. The first kappa shape index (κ1) is 21.4. The molecule has 1 unspecified atom stereocenters. The zero-order chi connectivity index (χ0) is 23.1. The molecule has 1 aromatic heterocycles. The Kier molecular flexibility index (Phi) is 5.51. The number of β-amino-alcohol motifs (C(OH)–C–C–N with tert-alkyl or cyclic N) is 1. The van der Waals surface area contributed by atoms with E-state index in [2.05, 4.69) is 67.8 Å². The van der Waals surface area contributed by atoms with Crippen LogP contribution in [0.1, 0.15) is 34.8 Å². The Morgan fingerprint density at radius 1 is 1.03 bits per heavy atom. The van der Waals surface area contributed by atoms with E-state index in [1.807, 2.05) is 18.2 Å². The monoisotopic (exact) mass is 439 g/mol. The van der Waals surface area contributed by atoms with Crippen molar-refractivity contribution in [3.63, 3.8) is 0 Å². The molecule has 0 radical (unpaired) electrons. The summed E-state index contributed by atoms with van der Waals surface area (Å²) in [7, 11) is 0. The number of rotatable bonds is 4. The van der Waals surface area contributed by atoms with E-state index in [9.17, 15) is 9.90 Å². The summed E-state index contributed by atoms with van der Waals surface area (Å²) < 4.78 is 2.21. The smallest absolute Gasteiger partial charge is 0.254 e. The lowest BCUT2D eigenvalue weighted by Gasteiger charge is -2.15. The number of aryl methyl sites for hydroxylation is 3. The molecule has 1 aliphatic rings. The highest BCUT2D eigenvalue weighted by Gasteiger charge is 2.26. The van der Waals surface area contributed by atoms with Crippen molar-refractivity contribution in [2.24, 2.45) is 0 Å². The molecule has 0 saturated carbocycles. The minimum atomic E-state index is -0.426. The minimum absolute atomic E-state index is 0.0447. The molecule has 0 bridgehead atoms. The lowest BCUT2D eigenvalue weighted by atomic mass is 9.94. The topological polar surface area (TPSA) is 58.4 Å². The number of likely N-dealkylation sites (tertiary alicyclic amines) is 1. The highest BCUT2D eigenvalue weighted by molar-refractivity contribution is 5.98. The van der Waals surface area contributed by atoms with E-state index < -0.39 is 6.10 Å². The molecule has 1 amide bonds. The van der Waals surface area contributed by atoms with Crippen LogP contribution in [-0.2, 0) is 6.54 Å². The first-order valence-corrected chi connectivity index (χ1v) is 11.6. The quantitative estimate of drug-likeness (QED) is 0.475. The van der Waals surface area contributed by atoms with Crippen LogP contribution in [0.25, 0.3) is 33.5 Å². The molecule has 1 aliphatic heterocycles. The molecule has 3 aromatic carbocycles. The number of aliphatic hydroxyl groups excluding tert-OH is 1. The molecule has 33 heavy (non-hydrogen) atoms. The first-order chi connectivity index (χ1) is 16.0. The van der Waals surface area contributed by atoms with Gasteiger partial charge >= 0.3 is 0 Å². The third-order valence-corrected chi connectivity index (χ3v) is 6.60. The molecular weight excluding hydrogens is 410 g/mol. The normalized spacial score (nSPS) is 16.0. The Morgan fingerprint density at radius 2 is 1.82 bits per heavy atom. The number of fused-ring (bicyclic) bond motifs is 1. The summed E-state index contributed by atoms with van der Waals surface area (Å²) in [6.45, 7) is 8.15. The summed E-state index contributed by atoms with van der Waals surface area (Å²) in [6, 6.07) is 20.7. The fraction of sp³-hybridized carbons (Fsp3) is 0.286. The van der Waals surface area contributed by atoms with Gasteiger partial charge in [0.1, 0.15) is 5.82 Å². The number of hydrogen-bond donors (Lipinski definition) is 1. The zero-order valence-corrected chi connectivity index (χ0v) is 19.4. The van der Waals surface area contributed by atoms with Crippen molar-refractivity contribution in [1.29, 1.82) is 0 Å². The number of hydrogen-bond acceptors (Lipinski definition) is 3. The third kappa shape index (κ3) is 3.83. The van der Waals surface area contributed by atoms with E-state index in [1.54, 1.807) is 4.90 Å². The van der Waals surface area contributed by atoms with Crippen molar-refractivity contribution < 1.29 is 9.90 Å². The number of nitrogens with zero attached hydrogens (tertiary/aromatic N) is 3. The van der Waals surface area contributed by atoms with Crippen LogP contribution in [-0.4, -0.2) is 44.7 Å². The van der Waals surface area contributed by atoms with E-state index in [0.717, 1.165) is 34.5 Å². The second-order valence-electron chi connectivity index (χ2n) is 8.94. The van der Waals surface area contributed by atoms with Gasteiger partial charge in [0, 0.05) is 30.8 Å². The van der Waals surface area contributed by atoms with E-state index in [-0.39, 0.29) is 5.91 Å².